The molecular formula is C17H17Cl3N2O. The summed E-state index contributed by atoms with van der Waals surface area (Å²) in [4.78, 5) is 12.3. The normalized spacial score (nSPS) is 13.4. The monoisotopic (exact) mass is 370 g/mol. The van der Waals surface area contributed by atoms with Gasteiger partial charge >= 0.3 is 0 Å². The zero-order valence-electron chi connectivity index (χ0n) is 12.5. The number of hydrogen-bond donors (Lipinski definition) is 2. The Morgan fingerprint density at radius 2 is 1.83 bits per heavy atom. The molecule has 0 heterocycles. The minimum Gasteiger partial charge on any atom is -0.348 e. The van der Waals surface area contributed by atoms with Gasteiger partial charge in [-0.2, -0.15) is 0 Å². The summed E-state index contributed by atoms with van der Waals surface area (Å²) in [6.07, 6.45) is 0.363. The number of nitrogens with one attached hydrogen (secondary N) is 1. The molecule has 3 nitrogen and oxygen atoms in total. The van der Waals surface area contributed by atoms with Gasteiger partial charge in [-0.25, -0.2) is 0 Å². The number of nitrogens with two attached hydrogens (primary N) is 1. The molecule has 0 fully saturated rings. The lowest BCUT2D eigenvalue weighted by atomic mass is 10.0. The van der Waals surface area contributed by atoms with Crippen molar-refractivity contribution in [3.05, 3.63) is 68.7 Å². The first-order valence-corrected chi connectivity index (χ1v) is 8.26. The number of hydrogen-bond acceptors (Lipinski definition) is 2. The van der Waals surface area contributed by atoms with Crippen LogP contribution in [0.3, 0.4) is 0 Å². The van der Waals surface area contributed by atoms with E-state index in [0.29, 0.717) is 21.5 Å². The van der Waals surface area contributed by atoms with E-state index in [4.69, 9.17) is 40.5 Å². The molecule has 2 rings (SSSR count). The fourth-order valence-electron chi connectivity index (χ4n) is 2.24. The van der Waals surface area contributed by atoms with E-state index in [1.54, 1.807) is 24.3 Å². The van der Waals surface area contributed by atoms with Crippen LogP contribution in [0.15, 0.2) is 42.5 Å². The molecular weight excluding hydrogens is 355 g/mol. The van der Waals surface area contributed by atoms with Crippen LogP contribution in [0.1, 0.15) is 24.1 Å². The maximum Gasteiger partial charge on any atom is 0.237 e. The quantitative estimate of drug-likeness (QED) is 0.818. The fourth-order valence-corrected chi connectivity index (χ4v) is 2.91. The number of carbonyl (C=O) groups excluding carboxylic acids is 1. The smallest absolute Gasteiger partial charge is 0.237 e. The highest BCUT2D eigenvalue weighted by Crippen LogP contribution is 2.26. The minimum absolute atomic E-state index is 0.270. The zero-order valence-corrected chi connectivity index (χ0v) is 14.8. The lowest BCUT2D eigenvalue weighted by Gasteiger charge is -2.19. The summed E-state index contributed by atoms with van der Waals surface area (Å²) in [7, 11) is 0. The lowest BCUT2D eigenvalue weighted by molar-refractivity contribution is -0.123. The molecule has 6 heteroatoms. The van der Waals surface area contributed by atoms with Gasteiger partial charge in [0.25, 0.3) is 0 Å². The van der Waals surface area contributed by atoms with Crippen molar-refractivity contribution in [2.24, 2.45) is 5.73 Å². The van der Waals surface area contributed by atoms with Crippen molar-refractivity contribution in [3.63, 3.8) is 0 Å². The first-order chi connectivity index (χ1) is 10.9. The van der Waals surface area contributed by atoms with Crippen LogP contribution in [0.25, 0.3) is 0 Å². The first-order valence-electron chi connectivity index (χ1n) is 7.12. The largest absolute Gasteiger partial charge is 0.348 e. The van der Waals surface area contributed by atoms with Gasteiger partial charge in [0, 0.05) is 15.1 Å². The van der Waals surface area contributed by atoms with E-state index in [-0.39, 0.29) is 11.9 Å². The van der Waals surface area contributed by atoms with E-state index in [9.17, 15) is 4.79 Å². The Morgan fingerprint density at radius 1 is 1.13 bits per heavy atom. The Labute approximate surface area is 150 Å². The summed E-state index contributed by atoms with van der Waals surface area (Å²) in [5, 5.41) is 4.56. The van der Waals surface area contributed by atoms with E-state index in [1.165, 1.54) is 0 Å². The van der Waals surface area contributed by atoms with Crippen LogP contribution in [0.5, 0.6) is 0 Å². The average molecular weight is 372 g/mol. The summed E-state index contributed by atoms with van der Waals surface area (Å²) in [6, 6.07) is 11.5. The molecule has 1 amide bonds. The number of rotatable bonds is 5. The Kier molecular flexibility index (Phi) is 6.31. The summed E-state index contributed by atoms with van der Waals surface area (Å²) < 4.78 is 0. The van der Waals surface area contributed by atoms with Crippen molar-refractivity contribution in [1.82, 2.24) is 5.32 Å². The standard InChI is InChI=1S/C17H17Cl3N2O/c1-10(13-9-12(18)6-7-15(13)20)22-17(23)16(21)8-11-4-2-3-5-14(11)19/h2-7,9-10,16H,8,21H2,1H3,(H,22,23)/t10-,16?/m0/s1. The van der Waals surface area contributed by atoms with Gasteiger partial charge in [0.1, 0.15) is 0 Å². The molecule has 2 atom stereocenters. The number of benzene rings is 2. The molecule has 23 heavy (non-hydrogen) atoms. The summed E-state index contributed by atoms with van der Waals surface area (Å²) >= 11 is 18.2. The highest BCUT2D eigenvalue weighted by atomic mass is 35.5. The Hall–Kier alpha value is -1.26. The summed E-state index contributed by atoms with van der Waals surface area (Å²) in [5.74, 6) is -0.270. The number of amides is 1. The van der Waals surface area contributed by atoms with Gasteiger partial charge in [0.2, 0.25) is 5.91 Å². The second-order valence-corrected chi connectivity index (χ2v) is 6.55. The van der Waals surface area contributed by atoms with Crippen LogP contribution in [-0.4, -0.2) is 11.9 Å². The van der Waals surface area contributed by atoms with Crippen LogP contribution in [0.2, 0.25) is 15.1 Å². The van der Waals surface area contributed by atoms with Crippen molar-refractivity contribution in [1.29, 1.82) is 0 Å². The predicted octanol–water partition coefficient (Wildman–Crippen LogP) is 4.39. The highest BCUT2D eigenvalue weighted by Gasteiger charge is 2.19. The highest BCUT2D eigenvalue weighted by molar-refractivity contribution is 6.33. The molecule has 122 valence electrons. The van der Waals surface area contributed by atoms with Gasteiger partial charge in [0.15, 0.2) is 0 Å². The van der Waals surface area contributed by atoms with Gasteiger partial charge in [0.05, 0.1) is 12.1 Å². The van der Waals surface area contributed by atoms with E-state index >= 15 is 0 Å². The third-order valence-electron chi connectivity index (χ3n) is 3.52. The molecule has 3 N–H and O–H groups in total. The fraction of sp³-hybridized carbons (Fsp3) is 0.235. The number of halogens is 3. The summed E-state index contributed by atoms with van der Waals surface area (Å²) in [5.41, 5.74) is 7.57. The van der Waals surface area contributed by atoms with E-state index < -0.39 is 6.04 Å². The second kappa shape index (κ2) is 8.02. The Bertz CT molecular complexity index is 706. The molecule has 1 unspecified atom stereocenters. The molecule has 0 aliphatic carbocycles. The maximum atomic E-state index is 12.3. The second-order valence-electron chi connectivity index (χ2n) is 5.30. The van der Waals surface area contributed by atoms with Gasteiger partial charge in [-0.3, -0.25) is 4.79 Å². The first kappa shape index (κ1) is 18.1. The molecule has 0 aliphatic rings. The van der Waals surface area contributed by atoms with Crippen LogP contribution in [0.4, 0.5) is 0 Å². The van der Waals surface area contributed by atoms with E-state index in [1.807, 2.05) is 25.1 Å². The van der Waals surface area contributed by atoms with Crippen LogP contribution in [-0.2, 0) is 11.2 Å². The molecule has 0 spiro atoms. The Morgan fingerprint density at radius 3 is 2.52 bits per heavy atom. The predicted molar refractivity (Wildman–Crippen MR) is 96.2 cm³/mol. The molecule has 2 aromatic rings. The lowest BCUT2D eigenvalue weighted by Crippen LogP contribution is -2.43. The van der Waals surface area contributed by atoms with Crippen molar-refractivity contribution in [2.45, 2.75) is 25.4 Å². The van der Waals surface area contributed by atoms with Gasteiger partial charge in [-0.05, 0) is 48.7 Å². The van der Waals surface area contributed by atoms with Crippen molar-refractivity contribution in [3.8, 4) is 0 Å². The molecule has 0 bridgehead atoms. The van der Waals surface area contributed by atoms with Crippen LogP contribution in [0, 0.1) is 0 Å². The van der Waals surface area contributed by atoms with Crippen molar-refractivity contribution < 1.29 is 4.79 Å². The molecule has 0 aromatic heterocycles. The molecule has 0 saturated heterocycles. The zero-order chi connectivity index (χ0) is 17.0. The number of carbonyl (C=O) groups is 1. The third-order valence-corrected chi connectivity index (χ3v) is 4.47. The molecule has 0 radical (unpaired) electrons. The molecule has 0 aliphatic heterocycles. The Balaban J connectivity index is 2.03. The maximum absolute atomic E-state index is 12.3. The SMILES string of the molecule is C[C@H](NC(=O)C(N)Cc1ccccc1Cl)c1cc(Cl)ccc1Cl. The van der Waals surface area contributed by atoms with Crippen molar-refractivity contribution >= 4 is 40.7 Å². The average Bonchev–Trinajstić information content (AvgIpc) is 2.51. The van der Waals surface area contributed by atoms with Gasteiger partial charge in [-0.1, -0.05) is 53.0 Å². The van der Waals surface area contributed by atoms with Gasteiger partial charge in [-0.15, -0.1) is 0 Å². The van der Waals surface area contributed by atoms with Gasteiger partial charge < -0.3 is 11.1 Å². The summed E-state index contributed by atoms with van der Waals surface area (Å²) in [6.45, 7) is 1.83. The third kappa shape index (κ3) is 4.85. The topological polar surface area (TPSA) is 55.1 Å². The van der Waals surface area contributed by atoms with Crippen LogP contribution < -0.4 is 11.1 Å². The molecule has 2 aromatic carbocycles. The van der Waals surface area contributed by atoms with Crippen molar-refractivity contribution in [2.75, 3.05) is 0 Å². The minimum atomic E-state index is -0.699. The van der Waals surface area contributed by atoms with E-state index in [2.05, 4.69) is 5.32 Å². The van der Waals surface area contributed by atoms with Crippen LogP contribution >= 0.6 is 34.8 Å². The molecule has 0 saturated carbocycles. The van der Waals surface area contributed by atoms with E-state index in [0.717, 1.165) is 11.1 Å².